The van der Waals surface area contributed by atoms with Crippen molar-refractivity contribution in [2.45, 2.75) is 63.5 Å². The Hall–Kier alpha value is -3.75. The average Bonchev–Trinajstić information content (AvgIpc) is 3.00. The van der Waals surface area contributed by atoms with E-state index in [4.69, 9.17) is 0 Å². The van der Waals surface area contributed by atoms with Crippen molar-refractivity contribution in [3.63, 3.8) is 0 Å². The Morgan fingerprint density at radius 3 is 2.12 bits per heavy atom. The zero-order chi connectivity index (χ0) is 28.9. The molecule has 0 amide bonds. The van der Waals surface area contributed by atoms with Gasteiger partial charge in [0, 0.05) is 18.1 Å². The molecular formula is C33H40N4O3S. The van der Waals surface area contributed by atoms with E-state index in [9.17, 15) is 13.5 Å². The largest absolute Gasteiger partial charge is 0.388 e. The predicted molar refractivity (Wildman–Crippen MR) is 166 cm³/mol. The van der Waals surface area contributed by atoms with Gasteiger partial charge in [-0.1, -0.05) is 99.7 Å². The second kappa shape index (κ2) is 15.3. The molecule has 8 heteroatoms. The minimum Gasteiger partial charge on any atom is -0.388 e. The fourth-order valence-corrected chi connectivity index (χ4v) is 6.27. The van der Waals surface area contributed by atoms with Crippen LogP contribution < -0.4 is 10.0 Å². The molecule has 0 aliphatic rings. The molecule has 0 aliphatic heterocycles. The van der Waals surface area contributed by atoms with Gasteiger partial charge in [0.25, 0.3) is 0 Å². The van der Waals surface area contributed by atoms with E-state index in [0.717, 1.165) is 31.2 Å². The van der Waals surface area contributed by atoms with Gasteiger partial charge in [-0.3, -0.25) is 9.71 Å². The number of hydrogen-bond acceptors (Lipinski definition) is 6. The monoisotopic (exact) mass is 572 g/mol. The Morgan fingerprint density at radius 1 is 0.756 bits per heavy atom. The number of aliphatic hydroxyl groups is 1. The van der Waals surface area contributed by atoms with Gasteiger partial charge in [0.2, 0.25) is 10.0 Å². The molecule has 4 aromatic rings. The van der Waals surface area contributed by atoms with Crippen LogP contribution in [0.5, 0.6) is 0 Å². The molecule has 0 radical (unpaired) electrons. The lowest BCUT2D eigenvalue weighted by molar-refractivity contribution is 0.133. The van der Waals surface area contributed by atoms with Gasteiger partial charge in [0.1, 0.15) is 5.82 Å². The molecule has 2 aromatic carbocycles. The lowest BCUT2D eigenvalue weighted by atomic mass is 9.82. The number of pyridine rings is 2. The number of aromatic nitrogens is 2. The maximum absolute atomic E-state index is 13.2. The van der Waals surface area contributed by atoms with E-state index in [0.29, 0.717) is 29.2 Å². The van der Waals surface area contributed by atoms with Gasteiger partial charge in [-0.05, 0) is 47.9 Å². The molecule has 0 saturated heterocycles. The minimum absolute atomic E-state index is 0.0576. The molecular weight excluding hydrogens is 532 g/mol. The van der Waals surface area contributed by atoms with Crippen LogP contribution in [0.1, 0.15) is 80.3 Å². The number of para-hydroxylation sites is 1. The van der Waals surface area contributed by atoms with E-state index in [2.05, 4.69) is 26.9 Å². The van der Waals surface area contributed by atoms with E-state index in [-0.39, 0.29) is 5.75 Å². The second-order valence-corrected chi connectivity index (χ2v) is 12.1. The van der Waals surface area contributed by atoms with Gasteiger partial charge in [-0.15, -0.1) is 0 Å². The predicted octanol–water partition coefficient (Wildman–Crippen LogP) is 7.25. The lowest BCUT2D eigenvalue weighted by Gasteiger charge is -2.33. The first-order valence-corrected chi connectivity index (χ1v) is 16.0. The number of nitrogens with one attached hydrogen (secondary N) is 2. The minimum atomic E-state index is -3.59. The summed E-state index contributed by atoms with van der Waals surface area (Å²) in [6.07, 6.45) is 8.45. The first-order chi connectivity index (χ1) is 20.0. The Morgan fingerprint density at radius 2 is 1.41 bits per heavy atom. The summed E-state index contributed by atoms with van der Waals surface area (Å²) in [6, 6.07) is 27.4. The van der Waals surface area contributed by atoms with Crippen LogP contribution in [0.4, 0.5) is 11.5 Å². The first kappa shape index (κ1) is 30.2. The maximum Gasteiger partial charge on any atom is 0.232 e. The number of anilines is 2. The van der Waals surface area contributed by atoms with E-state index < -0.39 is 28.1 Å². The van der Waals surface area contributed by atoms with Gasteiger partial charge in [-0.2, -0.15) is 0 Å². The van der Waals surface area contributed by atoms with Crippen molar-refractivity contribution in [1.82, 2.24) is 9.97 Å². The maximum atomic E-state index is 13.2. The Kier molecular flexibility index (Phi) is 11.3. The fourth-order valence-electron chi connectivity index (χ4n) is 5.07. The van der Waals surface area contributed by atoms with Crippen LogP contribution in [-0.4, -0.2) is 29.2 Å². The van der Waals surface area contributed by atoms with E-state index >= 15 is 0 Å². The molecule has 2 aromatic heterocycles. The summed E-state index contributed by atoms with van der Waals surface area (Å²) in [4.78, 5) is 9.11. The number of nitrogens with zero attached hydrogens (tertiary/aromatic N) is 2. The van der Waals surface area contributed by atoms with Gasteiger partial charge >= 0.3 is 0 Å². The topological polar surface area (TPSA) is 104 Å². The molecule has 0 saturated carbocycles. The van der Waals surface area contributed by atoms with Crippen LogP contribution in [0.15, 0.2) is 103 Å². The first-order valence-electron chi connectivity index (χ1n) is 14.4. The quantitative estimate of drug-likeness (QED) is 0.122. The number of unbranched alkanes of at least 4 members (excludes halogenated alkanes) is 5. The molecule has 3 unspecified atom stereocenters. The van der Waals surface area contributed by atoms with Crippen molar-refractivity contribution in [1.29, 1.82) is 0 Å². The van der Waals surface area contributed by atoms with Crippen molar-refractivity contribution >= 4 is 21.5 Å². The van der Waals surface area contributed by atoms with Crippen LogP contribution in [0.3, 0.4) is 0 Å². The van der Waals surface area contributed by atoms with Crippen molar-refractivity contribution in [2.24, 2.45) is 0 Å². The summed E-state index contributed by atoms with van der Waals surface area (Å²) >= 11 is 0. The van der Waals surface area contributed by atoms with Crippen LogP contribution in [-0.2, 0) is 10.0 Å². The molecule has 41 heavy (non-hydrogen) atoms. The normalized spacial score (nSPS) is 13.7. The summed E-state index contributed by atoms with van der Waals surface area (Å²) in [5.41, 5.74) is 2.56. The third-order valence-electron chi connectivity index (χ3n) is 7.17. The molecule has 7 nitrogen and oxygen atoms in total. The van der Waals surface area contributed by atoms with E-state index in [1.165, 1.54) is 6.42 Å². The molecule has 0 bridgehead atoms. The summed E-state index contributed by atoms with van der Waals surface area (Å²) in [5, 5.41) is 15.3. The zero-order valence-electron chi connectivity index (χ0n) is 23.6. The van der Waals surface area contributed by atoms with E-state index in [1.54, 1.807) is 18.5 Å². The highest BCUT2D eigenvalue weighted by atomic mass is 32.2. The van der Waals surface area contributed by atoms with Crippen molar-refractivity contribution < 1.29 is 13.5 Å². The highest BCUT2D eigenvalue weighted by Crippen LogP contribution is 2.43. The number of benzene rings is 2. The molecule has 2 heterocycles. The Labute approximate surface area is 244 Å². The van der Waals surface area contributed by atoms with Crippen LogP contribution in [0, 0.1) is 0 Å². The van der Waals surface area contributed by atoms with Gasteiger partial charge < -0.3 is 10.4 Å². The smallest absolute Gasteiger partial charge is 0.232 e. The van der Waals surface area contributed by atoms with Gasteiger partial charge in [-0.25, -0.2) is 13.4 Å². The van der Waals surface area contributed by atoms with E-state index in [1.807, 2.05) is 84.9 Å². The van der Waals surface area contributed by atoms with Crippen LogP contribution in [0.2, 0.25) is 0 Å². The highest BCUT2D eigenvalue weighted by Gasteiger charge is 2.35. The molecule has 3 atom stereocenters. The molecule has 4 rings (SSSR count). The molecule has 0 aliphatic carbocycles. The standard InChI is InChI=1S/C33H40N4O3S/c1-2-3-4-5-6-16-25-41(39,40)37-28-20-11-10-19-27(28)32(36-30-22-13-15-24-35-30)31(29-21-12-14-23-34-29)33(38)26-17-8-7-9-18-26/h7-15,17-24,31-33,37-38H,2-6,16,25H2,1H3,(H,35,36). The van der Waals surface area contributed by atoms with Crippen molar-refractivity contribution in [3.05, 3.63) is 120 Å². The van der Waals surface area contributed by atoms with Crippen LogP contribution >= 0.6 is 0 Å². The number of hydrogen-bond donors (Lipinski definition) is 3. The van der Waals surface area contributed by atoms with Gasteiger partial charge in [0.05, 0.1) is 29.5 Å². The third kappa shape index (κ3) is 8.87. The highest BCUT2D eigenvalue weighted by molar-refractivity contribution is 7.92. The number of aliphatic hydroxyl groups excluding tert-OH is 1. The van der Waals surface area contributed by atoms with Crippen LogP contribution in [0.25, 0.3) is 0 Å². The summed E-state index contributed by atoms with van der Waals surface area (Å²) in [7, 11) is -3.59. The molecule has 3 N–H and O–H groups in total. The zero-order valence-corrected chi connectivity index (χ0v) is 24.4. The fraction of sp³-hybridized carbons (Fsp3) is 0.333. The second-order valence-electron chi connectivity index (χ2n) is 10.2. The number of rotatable bonds is 16. The Bertz CT molecular complexity index is 1420. The summed E-state index contributed by atoms with van der Waals surface area (Å²) in [6.45, 7) is 2.17. The van der Waals surface area contributed by atoms with Crippen molar-refractivity contribution in [2.75, 3.05) is 15.8 Å². The SMILES string of the molecule is CCCCCCCCS(=O)(=O)Nc1ccccc1C(Nc1ccccn1)C(c1ccccn1)C(O)c1ccccc1. The summed E-state index contributed by atoms with van der Waals surface area (Å²) < 4.78 is 29.3. The Balaban J connectivity index is 1.71. The van der Waals surface area contributed by atoms with Gasteiger partial charge in [0.15, 0.2) is 0 Å². The summed E-state index contributed by atoms with van der Waals surface area (Å²) in [5.74, 6) is 0.0792. The number of sulfonamides is 1. The lowest BCUT2D eigenvalue weighted by Crippen LogP contribution is -2.28. The third-order valence-corrected chi connectivity index (χ3v) is 8.52. The molecule has 216 valence electrons. The molecule has 0 fully saturated rings. The molecule has 0 spiro atoms. The average molecular weight is 573 g/mol. The van der Waals surface area contributed by atoms with Crippen molar-refractivity contribution in [3.8, 4) is 0 Å².